The predicted octanol–water partition coefficient (Wildman–Crippen LogP) is 1.93. The number of nitrogens with one attached hydrogen (secondary N) is 1. The number of hydrogen-bond donors (Lipinski definition) is 2. The molecule has 0 amide bonds. The monoisotopic (exact) mass is 259 g/mol. The Hall–Kier alpha value is -2.32. The first kappa shape index (κ1) is 12.1. The standard InChI is InChI=1S/C13H9NO3S/c15-12(16)3-1-2-9-4-6-10(7-5-9)11-8-18-13(17)14-11/h4-8H,3H2,(H,14,17)(H,15,16). The van der Waals surface area contributed by atoms with E-state index in [1.807, 2.05) is 12.1 Å². The zero-order valence-corrected chi connectivity index (χ0v) is 10.1. The van der Waals surface area contributed by atoms with Crippen molar-refractivity contribution >= 4 is 17.3 Å². The van der Waals surface area contributed by atoms with Crippen LogP contribution in [0.15, 0.2) is 34.4 Å². The Kier molecular flexibility index (Phi) is 3.60. The number of carbonyl (C=O) groups is 1. The van der Waals surface area contributed by atoms with E-state index in [4.69, 9.17) is 5.11 Å². The lowest BCUT2D eigenvalue weighted by molar-refractivity contribution is -0.135. The van der Waals surface area contributed by atoms with Gasteiger partial charge in [0.2, 0.25) is 0 Å². The second-order valence-electron chi connectivity index (χ2n) is 3.51. The fourth-order valence-electron chi connectivity index (χ4n) is 1.38. The van der Waals surface area contributed by atoms with Crippen LogP contribution in [0, 0.1) is 11.8 Å². The normalized spacial score (nSPS) is 9.56. The second kappa shape index (κ2) is 5.34. The smallest absolute Gasteiger partial charge is 0.315 e. The Morgan fingerprint density at radius 2 is 2.06 bits per heavy atom. The number of aliphatic carboxylic acids is 1. The Morgan fingerprint density at radius 3 is 2.61 bits per heavy atom. The molecule has 0 aliphatic rings. The van der Waals surface area contributed by atoms with Gasteiger partial charge in [-0.3, -0.25) is 9.59 Å². The van der Waals surface area contributed by atoms with Gasteiger partial charge >= 0.3 is 10.8 Å². The maximum atomic E-state index is 11.0. The number of H-pyrrole nitrogens is 1. The summed E-state index contributed by atoms with van der Waals surface area (Å²) in [5.74, 6) is 4.38. The van der Waals surface area contributed by atoms with Crippen LogP contribution in [0.2, 0.25) is 0 Å². The molecule has 0 spiro atoms. The van der Waals surface area contributed by atoms with Crippen LogP contribution in [0.4, 0.5) is 0 Å². The van der Waals surface area contributed by atoms with E-state index >= 15 is 0 Å². The summed E-state index contributed by atoms with van der Waals surface area (Å²) in [4.78, 5) is 23.9. The molecule has 2 aromatic rings. The van der Waals surface area contributed by atoms with Crippen LogP contribution < -0.4 is 4.87 Å². The van der Waals surface area contributed by atoms with Gasteiger partial charge in [0.05, 0.1) is 5.69 Å². The quantitative estimate of drug-likeness (QED) is 0.809. The van der Waals surface area contributed by atoms with Crippen LogP contribution in [0.1, 0.15) is 12.0 Å². The van der Waals surface area contributed by atoms with Crippen molar-refractivity contribution in [3.05, 3.63) is 44.9 Å². The van der Waals surface area contributed by atoms with Crippen LogP contribution in [0.25, 0.3) is 11.3 Å². The largest absolute Gasteiger partial charge is 0.481 e. The first-order chi connectivity index (χ1) is 8.65. The van der Waals surface area contributed by atoms with Crippen molar-refractivity contribution in [1.82, 2.24) is 4.98 Å². The molecule has 0 unspecified atom stereocenters. The Morgan fingerprint density at radius 1 is 1.33 bits per heavy atom. The van der Waals surface area contributed by atoms with E-state index in [1.54, 1.807) is 17.5 Å². The molecule has 18 heavy (non-hydrogen) atoms. The van der Waals surface area contributed by atoms with Crippen molar-refractivity contribution in [3.63, 3.8) is 0 Å². The van der Waals surface area contributed by atoms with Crippen LogP contribution in [0.5, 0.6) is 0 Å². The number of benzene rings is 1. The molecular weight excluding hydrogens is 250 g/mol. The fourth-order valence-corrected chi connectivity index (χ4v) is 1.97. The van der Waals surface area contributed by atoms with E-state index in [0.717, 1.165) is 28.2 Å². The van der Waals surface area contributed by atoms with Crippen molar-refractivity contribution in [2.75, 3.05) is 0 Å². The SMILES string of the molecule is O=C(O)CC#Cc1ccc(-c2csc(=O)[nH]2)cc1. The summed E-state index contributed by atoms with van der Waals surface area (Å²) in [6, 6.07) is 7.26. The zero-order valence-electron chi connectivity index (χ0n) is 9.27. The highest BCUT2D eigenvalue weighted by atomic mass is 32.1. The topological polar surface area (TPSA) is 70.2 Å². The van der Waals surface area contributed by atoms with E-state index in [-0.39, 0.29) is 11.3 Å². The minimum Gasteiger partial charge on any atom is -0.481 e. The van der Waals surface area contributed by atoms with Crippen molar-refractivity contribution in [1.29, 1.82) is 0 Å². The summed E-state index contributed by atoms with van der Waals surface area (Å²) in [6.45, 7) is 0. The van der Waals surface area contributed by atoms with Gasteiger partial charge < -0.3 is 10.1 Å². The average Bonchev–Trinajstić information content (AvgIpc) is 2.76. The highest BCUT2D eigenvalue weighted by Crippen LogP contribution is 2.17. The first-order valence-electron chi connectivity index (χ1n) is 5.14. The molecule has 2 N–H and O–H groups in total. The number of aromatic amines is 1. The van der Waals surface area contributed by atoms with Gasteiger partial charge in [-0.2, -0.15) is 0 Å². The first-order valence-corrected chi connectivity index (χ1v) is 6.02. The van der Waals surface area contributed by atoms with Gasteiger partial charge in [-0.25, -0.2) is 0 Å². The van der Waals surface area contributed by atoms with Crippen LogP contribution in [0.3, 0.4) is 0 Å². The lowest BCUT2D eigenvalue weighted by atomic mass is 10.1. The molecule has 0 saturated heterocycles. The highest BCUT2D eigenvalue weighted by molar-refractivity contribution is 7.07. The van der Waals surface area contributed by atoms with Gasteiger partial charge in [-0.1, -0.05) is 35.3 Å². The summed E-state index contributed by atoms with van der Waals surface area (Å²) >= 11 is 1.12. The van der Waals surface area contributed by atoms with Gasteiger partial charge in [-0.05, 0) is 17.7 Å². The van der Waals surface area contributed by atoms with Gasteiger partial charge in [0.25, 0.3) is 0 Å². The minimum absolute atomic E-state index is 0.0877. The number of thiazole rings is 1. The third-order valence-electron chi connectivity index (χ3n) is 2.19. The van der Waals surface area contributed by atoms with Gasteiger partial charge in [0.15, 0.2) is 0 Å². The third-order valence-corrected chi connectivity index (χ3v) is 2.86. The molecule has 5 heteroatoms. The van der Waals surface area contributed by atoms with Gasteiger partial charge in [0, 0.05) is 10.9 Å². The van der Waals surface area contributed by atoms with E-state index < -0.39 is 5.97 Å². The van der Waals surface area contributed by atoms with Crippen LogP contribution in [-0.4, -0.2) is 16.1 Å². The van der Waals surface area contributed by atoms with Crippen molar-refractivity contribution in [3.8, 4) is 23.1 Å². The minimum atomic E-state index is -0.935. The highest BCUT2D eigenvalue weighted by Gasteiger charge is 1.99. The van der Waals surface area contributed by atoms with Crippen molar-refractivity contribution < 1.29 is 9.90 Å². The van der Waals surface area contributed by atoms with E-state index in [9.17, 15) is 9.59 Å². The summed E-state index contributed by atoms with van der Waals surface area (Å²) in [5, 5.41) is 10.2. The summed E-state index contributed by atoms with van der Waals surface area (Å²) < 4.78 is 0. The lowest BCUT2D eigenvalue weighted by Gasteiger charge is -1.96. The van der Waals surface area contributed by atoms with Crippen molar-refractivity contribution in [2.24, 2.45) is 0 Å². The molecule has 4 nitrogen and oxygen atoms in total. The average molecular weight is 259 g/mol. The number of carboxylic acids is 1. The van der Waals surface area contributed by atoms with E-state index in [0.29, 0.717) is 0 Å². The third kappa shape index (κ3) is 3.09. The number of hydrogen-bond acceptors (Lipinski definition) is 3. The molecule has 1 aromatic carbocycles. The summed E-state index contributed by atoms with van der Waals surface area (Å²) in [7, 11) is 0. The van der Waals surface area contributed by atoms with E-state index in [1.165, 1.54) is 0 Å². The molecule has 0 saturated carbocycles. The number of aromatic nitrogens is 1. The molecular formula is C13H9NO3S. The maximum absolute atomic E-state index is 11.0. The van der Waals surface area contributed by atoms with Crippen molar-refractivity contribution in [2.45, 2.75) is 6.42 Å². The summed E-state index contributed by atoms with van der Waals surface area (Å²) in [6.07, 6.45) is -0.167. The van der Waals surface area contributed by atoms with E-state index in [2.05, 4.69) is 16.8 Å². The summed E-state index contributed by atoms with van der Waals surface area (Å²) in [5.41, 5.74) is 2.42. The molecule has 2 rings (SSSR count). The molecule has 0 radical (unpaired) electrons. The molecule has 90 valence electrons. The lowest BCUT2D eigenvalue weighted by Crippen LogP contribution is -1.92. The molecule has 0 fully saturated rings. The van der Waals surface area contributed by atoms with Gasteiger partial charge in [0.1, 0.15) is 6.42 Å². The second-order valence-corrected chi connectivity index (χ2v) is 4.35. The number of rotatable bonds is 2. The molecule has 0 aliphatic carbocycles. The molecule has 1 aromatic heterocycles. The van der Waals surface area contributed by atoms with Gasteiger partial charge in [-0.15, -0.1) is 0 Å². The number of carboxylic acid groups (broad SMARTS) is 1. The Labute approximate surface area is 107 Å². The molecule has 0 bridgehead atoms. The Balaban J connectivity index is 2.17. The molecule has 0 aliphatic heterocycles. The maximum Gasteiger partial charge on any atom is 0.315 e. The zero-order chi connectivity index (χ0) is 13.0. The molecule has 0 atom stereocenters. The Bertz CT molecular complexity index is 670. The van der Waals surface area contributed by atoms with Crippen LogP contribution in [-0.2, 0) is 4.79 Å². The predicted molar refractivity (Wildman–Crippen MR) is 69.5 cm³/mol. The van der Waals surface area contributed by atoms with Crippen LogP contribution >= 0.6 is 11.3 Å². The fraction of sp³-hybridized carbons (Fsp3) is 0.0769. The molecule has 1 heterocycles.